The topological polar surface area (TPSA) is 72.5 Å². The van der Waals surface area contributed by atoms with Crippen LogP contribution in [0.3, 0.4) is 0 Å². The molecule has 0 aliphatic heterocycles. The van der Waals surface area contributed by atoms with Gasteiger partial charge in [0.1, 0.15) is 0 Å². The van der Waals surface area contributed by atoms with Crippen LogP contribution in [0.2, 0.25) is 0 Å². The van der Waals surface area contributed by atoms with Crippen LogP contribution < -0.4 is 4.72 Å². The Morgan fingerprint density at radius 2 is 1.42 bits per heavy atom. The number of benzene rings is 3. The summed E-state index contributed by atoms with van der Waals surface area (Å²) in [5, 5.41) is 0. The summed E-state index contributed by atoms with van der Waals surface area (Å²) in [5.41, 5.74) is 5.03. The maximum absolute atomic E-state index is 12.4. The summed E-state index contributed by atoms with van der Waals surface area (Å²) in [6.45, 7) is 0.188. The van der Waals surface area contributed by atoms with Crippen molar-refractivity contribution >= 4 is 16.0 Å². The average Bonchev–Trinajstić information content (AvgIpc) is 2.78. The second kappa shape index (κ2) is 10.9. The van der Waals surface area contributed by atoms with Gasteiger partial charge in [0, 0.05) is 6.54 Å². The highest BCUT2D eigenvalue weighted by Crippen LogP contribution is 2.12. The van der Waals surface area contributed by atoms with E-state index in [0.29, 0.717) is 6.42 Å². The third-order valence-corrected chi connectivity index (χ3v) is 6.32. The van der Waals surface area contributed by atoms with Crippen LogP contribution in [-0.4, -0.2) is 27.2 Å². The van der Waals surface area contributed by atoms with Crippen molar-refractivity contribution in [1.29, 1.82) is 0 Å². The fourth-order valence-corrected chi connectivity index (χ4v) is 4.30. The molecule has 0 unspecified atom stereocenters. The van der Waals surface area contributed by atoms with E-state index in [2.05, 4.69) is 33.7 Å². The molecule has 3 aromatic carbocycles. The van der Waals surface area contributed by atoms with Crippen LogP contribution in [0.4, 0.5) is 0 Å². The number of nitrogens with one attached hydrogen (secondary N) is 1. The van der Waals surface area contributed by atoms with Gasteiger partial charge < -0.3 is 4.74 Å². The Kier molecular flexibility index (Phi) is 7.98. The summed E-state index contributed by atoms with van der Waals surface area (Å²) in [7, 11) is -2.07. The largest absolute Gasteiger partial charge is 0.469 e. The highest BCUT2D eigenvalue weighted by molar-refractivity contribution is 7.89. The standard InChI is InChI=1S/C25H27NO4S/c1-30-25(27)18-23-8-5-9-24(17-23)19-26-31(28,29)15-14-20-10-12-22(13-11-20)16-21-6-3-2-4-7-21/h2-13,17,26H,14-16,18-19H2,1H3. The molecule has 0 radical (unpaired) electrons. The molecule has 0 aliphatic rings. The Bertz CT molecular complexity index is 1090. The third-order valence-electron chi connectivity index (χ3n) is 5.00. The number of carbonyl (C=O) groups excluding carboxylic acids is 1. The SMILES string of the molecule is COC(=O)Cc1cccc(CNS(=O)(=O)CCc2ccc(Cc3ccccc3)cc2)c1. The third kappa shape index (κ3) is 7.66. The van der Waals surface area contributed by atoms with E-state index >= 15 is 0 Å². The normalized spacial score (nSPS) is 11.3. The molecule has 0 saturated heterocycles. The fraction of sp³-hybridized carbons (Fsp3) is 0.240. The molecule has 0 aliphatic carbocycles. The second-order valence-electron chi connectivity index (χ2n) is 7.44. The lowest BCUT2D eigenvalue weighted by Gasteiger charge is -2.09. The number of rotatable bonds is 10. The summed E-state index contributed by atoms with van der Waals surface area (Å²) in [4.78, 5) is 11.4. The molecule has 0 amide bonds. The smallest absolute Gasteiger partial charge is 0.309 e. The Labute approximate surface area is 184 Å². The van der Waals surface area contributed by atoms with Gasteiger partial charge in [0.15, 0.2) is 0 Å². The van der Waals surface area contributed by atoms with Crippen molar-refractivity contribution in [2.45, 2.75) is 25.8 Å². The van der Waals surface area contributed by atoms with E-state index in [1.807, 2.05) is 48.5 Å². The van der Waals surface area contributed by atoms with Gasteiger partial charge in [-0.05, 0) is 40.7 Å². The maximum atomic E-state index is 12.4. The Morgan fingerprint density at radius 3 is 2.13 bits per heavy atom. The molecule has 1 N–H and O–H groups in total. The van der Waals surface area contributed by atoms with Crippen LogP contribution in [0.1, 0.15) is 27.8 Å². The lowest BCUT2D eigenvalue weighted by Crippen LogP contribution is -2.27. The lowest BCUT2D eigenvalue weighted by atomic mass is 10.0. The molecule has 0 bridgehead atoms. The number of aryl methyl sites for hydroxylation is 1. The molecule has 3 rings (SSSR count). The molecule has 6 heteroatoms. The summed E-state index contributed by atoms with van der Waals surface area (Å²) in [5.74, 6) is -0.306. The van der Waals surface area contributed by atoms with E-state index < -0.39 is 10.0 Å². The number of hydrogen-bond acceptors (Lipinski definition) is 4. The molecule has 0 aromatic heterocycles. The van der Waals surface area contributed by atoms with Gasteiger partial charge in [0.05, 0.1) is 19.3 Å². The Hall–Kier alpha value is -2.96. The first-order valence-electron chi connectivity index (χ1n) is 10.2. The molecular formula is C25H27NO4S. The number of methoxy groups -OCH3 is 1. The number of hydrogen-bond donors (Lipinski definition) is 1. The maximum Gasteiger partial charge on any atom is 0.309 e. The van der Waals surface area contributed by atoms with Crippen molar-refractivity contribution in [1.82, 2.24) is 4.72 Å². The fourth-order valence-electron chi connectivity index (χ4n) is 3.26. The van der Waals surface area contributed by atoms with E-state index in [1.54, 1.807) is 6.07 Å². The molecule has 0 fully saturated rings. The monoisotopic (exact) mass is 437 g/mol. The van der Waals surface area contributed by atoms with Crippen molar-refractivity contribution in [3.63, 3.8) is 0 Å². The highest BCUT2D eigenvalue weighted by atomic mass is 32.2. The van der Waals surface area contributed by atoms with Gasteiger partial charge in [-0.2, -0.15) is 0 Å². The quantitative estimate of drug-likeness (QED) is 0.492. The van der Waals surface area contributed by atoms with E-state index in [-0.39, 0.29) is 24.7 Å². The summed E-state index contributed by atoms with van der Waals surface area (Å²) >= 11 is 0. The Balaban J connectivity index is 1.50. The van der Waals surface area contributed by atoms with Crippen LogP contribution >= 0.6 is 0 Å². The first-order valence-corrected chi connectivity index (χ1v) is 11.8. The van der Waals surface area contributed by atoms with Gasteiger partial charge in [-0.25, -0.2) is 13.1 Å². The first kappa shape index (κ1) is 22.7. The van der Waals surface area contributed by atoms with Crippen molar-refractivity contribution in [2.75, 3.05) is 12.9 Å². The zero-order chi connectivity index (χ0) is 22.1. The van der Waals surface area contributed by atoms with Crippen LogP contribution in [0.15, 0.2) is 78.9 Å². The van der Waals surface area contributed by atoms with Crippen molar-refractivity contribution in [3.05, 3.63) is 107 Å². The van der Waals surface area contributed by atoms with Crippen LogP contribution in [0.25, 0.3) is 0 Å². The highest BCUT2D eigenvalue weighted by Gasteiger charge is 2.11. The number of ether oxygens (including phenoxy) is 1. The van der Waals surface area contributed by atoms with Gasteiger partial charge in [-0.1, -0.05) is 78.9 Å². The minimum Gasteiger partial charge on any atom is -0.469 e. The zero-order valence-corrected chi connectivity index (χ0v) is 18.4. The summed E-state index contributed by atoms with van der Waals surface area (Å²) < 4.78 is 32.1. The van der Waals surface area contributed by atoms with Gasteiger partial charge in [0.25, 0.3) is 0 Å². The molecular weight excluding hydrogens is 410 g/mol. The Morgan fingerprint density at radius 1 is 0.806 bits per heavy atom. The second-order valence-corrected chi connectivity index (χ2v) is 9.37. The van der Waals surface area contributed by atoms with Crippen LogP contribution in [0, 0.1) is 0 Å². The van der Waals surface area contributed by atoms with Crippen molar-refractivity contribution < 1.29 is 17.9 Å². The van der Waals surface area contributed by atoms with Crippen molar-refractivity contribution in [3.8, 4) is 0 Å². The van der Waals surface area contributed by atoms with E-state index in [0.717, 1.165) is 23.1 Å². The number of carbonyl (C=O) groups is 1. The minimum atomic E-state index is -3.42. The van der Waals surface area contributed by atoms with Gasteiger partial charge in [-0.15, -0.1) is 0 Å². The molecule has 162 valence electrons. The van der Waals surface area contributed by atoms with Gasteiger partial charge >= 0.3 is 5.97 Å². The van der Waals surface area contributed by atoms with Crippen LogP contribution in [0.5, 0.6) is 0 Å². The van der Waals surface area contributed by atoms with Gasteiger partial charge in [-0.3, -0.25) is 4.79 Å². The summed E-state index contributed by atoms with van der Waals surface area (Å²) in [6, 6.07) is 25.6. The minimum absolute atomic E-state index is 0.0207. The lowest BCUT2D eigenvalue weighted by molar-refractivity contribution is -0.139. The van der Waals surface area contributed by atoms with Gasteiger partial charge in [0.2, 0.25) is 10.0 Å². The number of esters is 1. The molecule has 31 heavy (non-hydrogen) atoms. The molecule has 3 aromatic rings. The van der Waals surface area contributed by atoms with E-state index in [9.17, 15) is 13.2 Å². The molecule has 0 heterocycles. The van der Waals surface area contributed by atoms with E-state index in [4.69, 9.17) is 0 Å². The number of sulfonamides is 1. The zero-order valence-electron chi connectivity index (χ0n) is 17.6. The molecule has 0 spiro atoms. The van der Waals surface area contributed by atoms with Crippen LogP contribution in [-0.2, 0) is 45.4 Å². The summed E-state index contributed by atoms with van der Waals surface area (Å²) in [6.07, 6.45) is 1.47. The molecule has 0 saturated carbocycles. The molecule has 5 nitrogen and oxygen atoms in total. The average molecular weight is 438 g/mol. The van der Waals surface area contributed by atoms with E-state index in [1.165, 1.54) is 18.2 Å². The first-order chi connectivity index (χ1) is 14.9. The predicted molar refractivity (Wildman–Crippen MR) is 122 cm³/mol. The van der Waals surface area contributed by atoms with Crippen molar-refractivity contribution in [2.24, 2.45) is 0 Å². The predicted octanol–water partition coefficient (Wildman–Crippen LogP) is 3.66. The molecule has 0 atom stereocenters.